The fraction of sp³-hybridized carbons (Fsp3) is 0.0357. The number of hydrogen-bond acceptors (Lipinski definition) is 1. The summed E-state index contributed by atoms with van der Waals surface area (Å²) < 4.78 is 0. The van der Waals surface area contributed by atoms with Gasteiger partial charge in [0.05, 0.1) is 6.04 Å². The Morgan fingerprint density at radius 1 is 0.368 bits per heavy atom. The molecule has 10 aromatic carbocycles. The molecule has 57 heavy (non-hydrogen) atoms. The summed E-state index contributed by atoms with van der Waals surface area (Å²) in [5.74, 6) is 0. The van der Waals surface area contributed by atoms with Gasteiger partial charge in [-0.15, -0.1) is 0 Å². The Balaban J connectivity index is 1.17. The summed E-state index contributed by atoms with van der Waals surface area (Å²) in [5.41, 5.74) is 12.5. The zero-order chi connectivity index (χ0) is 37.7. The topological polar surface area (TPSA) is 3.24 Å². The van der Waals surface area contributed by atoms with Gasteiger partial charge in [-0.3, -0.25) is 0 Å². The Hall–Kier alpha value is -7.22. The molecule has 1 aliphatic rings. The van der Waals surface area contributed by atoms with Crippen molar-refractivity contribution in [1.82, 2.24) is 0 Å². The molecule has 0 saturated heterocycles. The third-order valence-corrected chi connectivity index (χ3v) is 12.0. The van der Waals surface area contributed by atoms with Crippen molar-refractivity contribution in [3.05, 3.63) is 230 Å². The van der Waals surface area contributed by atoms with E-state index in [1.54, 1.807) is 0 Å². The second-order valence-electron chi connectivity index (χ2n) is 15.1. The van der Waals surface area contributed by atoms with Crippen LogP contribution in [0.4, 0.5) is 5.69 Å². The Bertz CT molecular complexity index is 3130. The zero-order valence-corrected chi connectivity index (χ0v) is 31.5. The molecule has 1 heteroatoms. The summed E-state index contributed by atoms with van der Waals surface area (Å²) in [6.45, 7) is 0. The number of nitrogens with zero attached hydrogens (tertiary/aromatic N) is 1. The van der Waals surface area contributed by atoms with Crippen LogP contribution in [0.1, 0.15) is 23.6 Å². The number of fused-ring (bicyclic) bond motifs is 4. The second kappa shape index (κ2) is 13.8. The highest BCUT2D eigenvalue weighted by Crippen LogP contribution is 2.48. The summed E-state index contributed by atoms with van der Waals surface area (Å²) in [6.07, 6.45) is 3.36. The van der Waals surface area contributed by atoms with Gasteiger partial charge in [0.25, 0.3) is 0 Å². The van der Waals surface area contributed by atoms with E-state index in [0.29, 0.717) is 0 Å². The van der Waals surface area contributed by atoms with Gasteiger partial charge in [-0.2, -0.15) is 0 Å². The molecule has 1 nitrogen and oxygen atoms in total. The summed E-state index contributed by atoms with van der Waals surface area (Å²) >= 11 is 0. The lowest BCUT2D eigenvalue weighted by molar-refractivity contribution is 0.749. The highest BCUT2D eigenvalue weighted by atomic mass is 15.2. The van der Waals surface area contributed by atoms with Crippen LogP contribution in [0, 0.1) is 0 Å². The van der Waals surface area contributed by atoms with Crippen molar-refractivity contribution >= 4 is 54.5 Å². The molecule has 268 valence electrons. The molecule has 0 radical (unpaired) electrons. The molecule has 0 N–H and O–H groups in total. The van der Waals surface area contributed by atoms with Crippen LogP contribution in [0.15, 0.2) is 218 Å². The summed E-state index contributed by atoms with van der Waals surface area (Å²) in [7, 11) is 0. The lowest BCUT2D eigenvalue weighted by atomic mass is 9.83. The highest BCUT2D eigenvalue weighted by molar-refractivity contribution is 6.23. The van der Waals surface area contributed by atoms with Gasteiger partial charge in [0.2, 0.25) is 0 Å². The van der Waals surface area contributed by atoms with Crippen molar-refractivity contribution in [2.24, 2.45) is 0 Å². The first-order valence-electron chi connectivity index (χ1n) is 20.0. The first kappa shape index (κ1) is 33.1. The van der Waals surface area contributed by atoms with Crippen LogP contribution in [0.5, 0.6) is 0 Å². The lowest BCUT2D eigenvalue weighted by Gasteiger charge is -2.31. The van der Waals surface area contributed by atoms with Gasteiger partial charge in [-0.1, -0.05) is 200 Å². The molecule has 1 heterocycles. The minimum atomic E-state index is 0.215. The Kier molecular flexibility index (Phi) is 8.03. The van der Waals surface area contributed by atoms with Crippen LogP contribution in [-0.2, 0) is 0 Å². The third kappa shape index (κ3) is 5.62. The minimum absolute atomic E-state index is 0.215. The van der Waals surface area contributed by atoms with Gasteiger partial charge >= 0.3 is 0 Å². The predicted molar refractivity (Wildman–Crippen MR) is 243 cm³/mol. The van der Waals surface area contributed by atoms with Crippen molar-refractivity contribution in [2.45, 2.75) is 12.5 Å². The van der Waals surface area contributed by atoms with Crippen molar-refractivity contribution in [2.75, 3.05) is 4.90 Å². The number of hydrogen-bond donors (Lipinski definition) is 0. The molecule has 10 aromatic rings. The molecule has 0 aromatic heterocycles. The van der Waals surface area contributed by atoms with E-state index >= 15 is 0 Å². The summed E-state index contributed by atoms with van der Waals surface area (Å²) in [6, 6.07) is 78.4. The highest BCUT2D eigenvalue weighted by Gasteiger charge is 2.30. The number of anilines is 1. The molecule has 0 fully saturated rings. The molecule has 1 unspecified atom stereocenters. The third-order valence-electron chi connectivity index (χ3n) is 12.0. The van der Waals surface area contributed by atoms with Crippen LogP contribution in [0.2, 0.25) is 0 Å². The largest absolute Gasteiger partial charge is 0.333 e. The zero-order valence-electron chi connectivity index (χ0n) is 31.5. The Morgan fingerprint density at radius 3 is 1.58 bits per heavy atom. The van der Waals surface area contributed by atoms with Gasteiger partial charge in [-0.25, -0.2) is 0 Å². The fourth-order valence-electron chi connectivity index (χ4n) is 9.39. The van der Waals surface area contributed by atoms with E-state index in [1.165, 1.54) is 99.0 Å². The average Bonchev–Trinajstić information content (AvgIpc) is 3.74. The van der Waals surface area contributed by atoms with Crippen molar-refractivity contribution in [3.63, 3.8) is 0 Å². The molecule has 11 rings (SSSR count). The smallest absolute Gasteiger partial charge is 0.0626 e. The minimum Gasteiger partial charge on any atom is -0.333 e. The molecule has 1 atom stereocenters. The van der Waals surface area contributed by atoms with Gasteiger partial charge < -0.3 is 4.90 Å². The van der Waals surface area contributed by atoms with Crippen LogP contribution >= 0.6 is 0 Å². The first-order chi connectivity index (χ1) is 28.3. The summed E-state index contributed by atoms with van der Waals surface area (Å²) in [4.78, 5) is 2.54. The lowest BCUT2D eigenvalue weighted by Crippen LogP contribution is -2.22. The number of benzene rings is 10. The average molecular weight is 726 g/mol. The van der Waals surface area contributed by atoms with E-state index in [4.69, 9.17) is 0 Å². The van der Waals surface area contributed by atoms with Crippen LogP contribution in [-0.4, -0.2) is 0 Å². The quantitative estimate of drug-likeness (QED) is 0.154. The standard InChI is InChI=1S/C56H39N/c1-3-17-40(18-4-1)53-35-36-54(41-19-5-2-6-20-41)57(53)44-31-29-42(30-32-44)55-47-26-12-9-21-43(47)37-52-50(48-27-13-22-38-15-7-10-24-45(38)48)33-34-51(56(52)55)49-28-14-23-39-16-8-11-25-46(39)49/h1-35,37,54H,36H2. The molecule has 0 spiro atoms. The van der Waals surface area contributed by atoms with E-state index in [0.717, 1.165) is 6.42 Å². The van der Waals surface area contributed by atoms with Gasteiger partial charge in [0.1, 0.15) is 0 Å². The first-order valence-corrected chi connectivity index (χ1v) is 20.0. The van der Waals surface area contributed by atoms with Crippen molar-refractivity contribution in [1.29, 1.82) is 0 Å². The van der Waals surface area contributed by atoms with E-state index in [1.807, 2.05) is 0 Å². The van der Waals surface area contributed by atoms with E-state index in [-0.39, 0.29) is 6.04 Å². The van der Waals surface area contributed by atoms with E-state index in [2.05, 4.69) is 223 Å². The molecule has 0 bridgehead atoms. The van der Waals surface area contributed by atoms with Gasteiger partial charge in [0, 0.05) is 11.4 Å². The van der Waals surface area contributed by atoms with Crippen LogP contribution in [0.3, 0.4) is 0 Å². The van der Waals surface area contributed by atoms with E-state index < -0.39 is 0 Å². The fourth-order valence-corrected chi connectivity index (χ4v) is 9.39. The molecule has 0 aliphatic carbocycles. The molecule has 0 amide bonds. The molecular weight excluding hydrogens is 687 g/mol. The Labute approximate surface area is 333 Å². The maximum Gasteiger partial charge on any atom is 0.0626 e. The normalized spacial score (nSPS) is 14.1. The predicted octanol–water partition coefficient (Wildman–Crippen LogP) is 15.3. The monoisotopic (exact) mass is 725 g/mol. The van der Waals surface area contributed by atoms with Gasteiger partial charge in [-0.05, 0) is 112 Å². The van der Waals surface area contributed by atoms with E-state index in [9.17, 15) is 0 Å². The maximum absolute atomic E-state index is 2.54. The molecular formula is C56H39N. The SMILES string of the molecule is C1=C(c2ccccc2)N(c2ccc(-c3c4ccccc4cc4c(-c5cccc6ccccc56)ccc(-c5cccc6ccccc56)c34)cc2)C(c2ccccc2)C1. The van der Waals surface area contributed by atoms with Gasteiger partial charge in [0.15, 0.2) is 0 Å². The second-order valence-corrected chi connectivity index (χ2v) is 15.1. The Morgan fingerprint density at radius 2 is 0.895 bits per heavy atom. The molecule has 1 aliphatic heterocycles. The van der Waals surface area contributed by atoms with Crippen LogP contribution in [0.25, 0.3) is 82.2 Å². The summed E-state index contributed by atoms with van der Waals surface area (Å²) in [5, 5.41) is 10.0. The molecule has 0 saturated carbocycles. The van der Waals surface area contributed by atoms with Crippen LogP contribution < -0.4 is 4.90 Å². The maximum atomic E-state index is 2.54. The van der Waals surface area contributed by atoms with Crippen molar-refractivity contribution < 1.29 is 0 Å². The van der Waals surface area contributed by atoms with Crippen molar-refractivity contribution in [3.8, 4) is 33.4 Å². The number of rotatable bonds is 6.